The van der Waals surface area contributed by atoms with Gasteiger partial charge < -0.3 is 15.4 Å². The molecule has 140 valence electrons. The number of hydrogen-bond donors (Lipinski definition) is 2. The molecule has 0 aliphatic rings. The monoisotopic (exact) mass is 375 g/mol. The Morgan fingerprint density at radius 1 is 1.07 bits per heavy atom. The number of anilines is 2. The van der Waals surface area contributed by atoms with Gasteiger partial charge in [0.2, 0.25) is 0 Å². The minimum Gasteiger partial charge on any atom is -0.496 e. The number of halogens is 3. The highest BCUT2D eigenvalue weighted by Crippen LogP contribution is 2.38. The summed E-state index contributed by atoms with van der Waals surface area (Å²) in [5.74, 6) is -0.0222. The van der Waals surface area contributed by atoms with E-state index in [1.165, 1.54) is 13.2 Å². The molecular weight excluding hydrogens is 359 g/mol. The molecule has 0 radical (unpaired) electrons. The van der Waals surface area contributed by atoms with Gasteiger partial charge in [-0.05, 0) is 30.7 Å². The molecule has 3 aromatic rings. The molecule has 0 bridgehead atoms. The fraction of sp³-hybridized carbons (Fsp3) is 0.158. The maximum Gasteiger partial charge on any atom is 0.433 e. The first-order valence-corrected chi connectivity index (χ1v) is 7.98. The molecule has 8 heteroatoms. The fourth-order valence-electron chi connectivity index (χ4n) is 2.66. The van der Waals surface area contributed by atoms with Crippen molar-refractivity contribution >= 4 is 28.3 Å². The van der Waals surface area contributed by atoms with E-state index in [1.54, 1.807) is 37.3 Å². The maximum atomic E-state index is 13.1. The number of rotatable bonds is 3. The minimum absolute atomic E-state index is 0.0222. The van der Waals surface area contributed by atoms with Crippen LogP contribution in [-0.2, 0) is 6.18 Å². The summed E-state index contributed by atoms with van der Waals surface area (Å²) in [6, 6.07) is 12.1. The van der Waals surface area contributed by atoms with Crippen LogP contribution >= 0.6 is 0 Å². The third-order valence-corrected chi connectivity index (χ3v) is 3.93. The molecule has 27 heavy (non-hydrogen) atoms. The van der Waals surface area contributed by atoms with Crippen LogP contribution in [0, 0.1) is 6.92 Å². The summed E-state index contributed by atoms with van der Waals surface area (Å²) >= 11 is 0. The van der Waals surface area contributed by atoms with Crippen LogP contribution in [-0.4, -0.2) is 18.1 Å². The van der Waals surface area contributed by atoms with Crippen molar-refractivity contribution < 1.29 is 22.7 Å². The number of methoxy groups -OCH3 is 1. The molecule has 0 aliphatic heterocycles. The van der Waals surface area contributed by atoms with Crippen LogP contribution in [0.15, 0.2) is 48.5 Å². The molecule has 0 fully saturated rings. The van der Waals surface area contributed by atoms with Crippen LogP contribution in [0.25, 0.3) is 10.9 Å². The van der Waals surface area contributed by atoms with E-state index in [0.717, 1.165) is 6.07 Å². The van der Waals surface area contributed by atoms with Gasteiger partial charge >= 0.3 is 12.2 Å². The number of pyridine rings is 1. The lowest BCUT2D eigenvalue weighted by molar-refractivity contribution is -0.141. The predicted molar refractivity (Wildman–Crippen MR) is 97.1 cm³/mol. The Hall–Kier alpha value is -3.29. The second kappa shape index (κ2) is 7.14. The number of hydrogen-bond acceptors (Lipinski definition) is 3. The Kier molecular flexibility index (Phi) is 4.89. The Morgan fingerprint density at radius 3 is 2.41 bits per heavy atom. The van der Waals surface area contributed by atoms with Gasteiger partial charge in [-0.15, -0.1) is 0 Å². The molecule has 2 N–H and O–H groups in total. The molecule has 5 nitrogen and oxygen atoms in total. The second-order valence-corrected chi connectivity index (χ2v) is 5.80. The topological polar surface area (TPSA) is 63.2 Å². The molecule has 3 rings (SSSR count). The van der Waals surface area contributed by atoms with Crippen molar-refractivity contribution in [3.05, 3.63) is 59.8 Å². The lowest BCUT2D eigenvalue weighted by Gasteiger charge is -2.16. The molecule has 0 saturated heterocycles. The highest BCUT2D eigenvalue weighted by molar-refractivity contribution is 6.08. The molecule has 0 aliphatic carbocycles. The van der Waals surface area contributed by atoms with E-state index in [0.29, 0.717) is 22.3 Å². The summed E-state index contributed by atoms with van der Waals surface area (Å²) in [4.78, 5) is 16.0. The first-order chi connectivity index (χ1) is 12.8. The highest BCUT2D eigenvalue weighted by Gasteiger charge is 2.34. The first-order valence-electron chi connectivity index (χ1n) is 7.98. The second-order valence-electron chi connectivity index (χ2n) is 5.80. The normalized spacial score (nSPS) is 11.3. The molecule has 0 spiro atoms. The van der Waals surface area contributed by atoms with E-state index in [-0.39, 0.29) is 11.3 Å². The third-order valence-electron chi connectivity index (χ3n) is 3.93. The summed E-state index contributed by atoms with van der Waals surface area (Å²) in [7, 11) is 1.27. The average Bonchev–Trinajstić information content (AvgIpc) is 2.63. The SMILES string of the molecule is COc1cc(C(F)(F)F)nc2ccc(C)c(NC(=O)Nc3ccccc3)c12. The van der Waals surface area contributed by atoms with Gasteiger partial charge in [-0.1, -0.05) is 24.3 Å². The van der Waals surface area contributed by atoms with E-state index in [2.05, 4.69) is 15.6 Å². The predicted octanol–water partition coefficient (Wildman–Crippen LogP) is 5.21. The van der Waals surface area contributed by atoms with Crippen molar-refractivity contribution in [2.75, 3.05) is 17.7 Å². The fourth-order valence-corrected chi connectivity index (χ4v) is 2.66. The Bertz CT molecular complexity index is 989. The van der Waals surface area contributed by atoms with E-state index in [9.17, 15) is 18.0 Å². The van der Waals surface area contributed by atoms with Crippen LogP contribution in [0.5, 0.6) is 5.75 Å². The largest absolute Gasteiger partial charge is 0.496 e. The van der Waals surface area contributed by atoms with Crippen molar-refractivity contribution in [3.8, 4) is 5.75 Å². The van der Waals surface area contributed by atoms with Crippen molar-refractivity contribution in [2.45, 2.75) is 13.1 Å². The van der Waals surface area contributed by atoms with E-state index < -0.39 is 17.9 Å². The van der Waals surface area contributed by atoms with Crippen molar-refractivity contribution in [2.24, 2.45) is 0 Å². The number of nitrogens with zero attached hydrogens (tertiary/aromatic N) is 1. The lowest BCUT2D eigenvalue weighted by atomic mass is 10.1. The van der Waals surface area contributed by atoms with Crippen LogP contribution in [0.3, 0.4) is 0 Å². The lowest BCUT2D eigenvalue weighted by Crippen LogP contribution is -2.20. The van der Waals surface area contributed by atoms with Gasteiger partial charge in [0.1, 0.15) is 11.4 Å². The zero-order valence-electron chi connectivity index (χ0n) is 14.5. The number of fused-ring (bicyclic) bond motifs is 1. The number of alkyl halides is 3. The molecule has 0 unspecified atom stereocenters. The Morgan fingerprint density at radius 2 is 1.78 bits per heavy atom. The average molecular weight is 375 g/mol. The smallest absolute Gasteiger partial charge is 0.433 e. The van der Waals surface area contributed by atoms with E-state index in [1.807, 2.05) is 6.07 Å². The van der Waals surface area contributed by atoms with Crippen LogP contribution in [0.1, 0.15) is 11.3 Å². The molecule has 0 saturated carbocycles. The Labute approximate surface area is 153 Å². The number of aromatic nitrogens is 1. The molecule has 1 heterocycles. The first kappa shape index (κ1) is 18.5. The van der Waals surface area contributed by atoms with Gasteiger partial charge in [-0.2, -0.15) is 13.2 Å². The zero-order chi connectivity index (χ0) is 19.6. The number of amides is 2. The minimum atomic E-state index is -4.61. The number of aryl methyl sites for hydroxylation is 1. The summed E-state index contributed by atoms with van der Waals surface area (Å²) in [5.41, 5.74) is 0.583. The van der Waals surface area contributed by atoms with Crippen molar-refractivity contribution in [3.63, 3.8) is 0 Å². The molecular formula is C19H16F3N3O2. The molecule has 2 amide bonds. The summed E-state index contributed by atoms with van der Waals surface area (Å²) in [6.45, 7) is 1.73. The zero-order valence-corrected chi connectivity index (χ0v) is 14.5. The van der Waals surface area contributed by atoms with Crippen LogP contribution < -0.4 is 15.4 Å². The third kappa shape index (κ3) is 3.94. The van der Waals surface area contributed by atoms with Gasteiger partial charge in [-0.3, -0.25) is 0 Å². The number of benzene rings is 2. The van der Waals surface area contributed by atoms with Gasteiger partial charge in [0.25, 0.3) is 0 Å². The maximum absolute atomic E-state index is 13.1. The number of ether oxygens (including phenoxy) is 1. The molecule has 0 atom stereocenters. The Balaban J connectivity index is 2.04. The van der Waals surface area contributed by atoms with Crippen molar-refractivity contribution in [1.82, 2.24) is 4.98 Å². The number of nitrogens with one attached hydrogen (secondary N) is 2. The summed E-state index contributed by atoms with van der Waals surface area (Å²) in [6.07, 6.45) is -4.61. The van der Waals surface area contributed by atoms with Crippen LogP contribution in [0.4, 0.5) is 29.3 Å². The number of urea groups is 1. The summed E-state index contributed by atoms with van der Waals surface area (Å²) in [5, 5.41) is 5.65. The molecule has 2 aromatic carbocycles. The standard InChI is InChI=1S/C19H16F3N3O2/c1-11-8-9-13-16(14(27-2)10-15(24-13)19(20,21)22)17(11)25-18(26)23-12-6-4-3-5-7-12/h3-10H,1-2H3,(H2,23,25,26). The van der Waals surface area contributed by atoms with Crippen LogP contribution in [0.2, 0.25) is 0 Å². The van der Waals surface area contributed by atoms with Crippen molar-refractivity contribution in [1.29, 1.82) is 0 Å². The molecule has 1 aromatic heterocycles. The van der Waals surface area contributed by atoms with Gasteiger partial charge in [0.05, 0.1) is 23.7 Å². The van der Waals surface area contributed by atoms with E-state index >= 15 is 0 Å². The highest BCUT2D eigenvalue weighted by atomic mass is 19.4. The summed E-state index contributed by atoms with van der Waals surface area (Å²) < 4.78 is 44.3. The number of carbonyl (C=O) groups is 1. The van der Waals surface area contributed by atoms with Gasteiger partial charge in [-0.25, -0.2) is 9.78 Å². The number of carbonyl (C=O) groups excluding carboxylic acids is 1. The van der Waals surface area contributed by atoms with E-state index in [4.69, 9.17) is 4.74 Å². The quantitative estimate of drug-likeness (QED) is 0.660. The number of para-hydroxylation sites is 1. The van der Waals surface area contributed by atoms with Gasteiger partial charge in [0, 0.05) is 11.8 Å². The van der Waals surface area contributed by atoms with Gasteiger partial charge in [0.15, 0.2) is 0 Å².